The standard InChI is InChI=1S/C10H5ClFNO2/c11-10(15)9(14)7-4-13-8-2-1-5(12)3-6(7)8/h1-4,13H. The van der Waals surface area contributed by atoms with Crippen LogP contribution in [0.15, 0.2) is 24.4 Å². The number of rotatable bonds is 2. The predicted molar refractivity (Wildman–Crippen MR) is 53.4 cm³/mol. The van der Waals surface area contributed by atoms with Crippen molar-refractivity contribution in [2.75, 3.05) is 0 Å². The average Bonchev–Trinajstić information content (AvgIpc) is 2.59. The van der Waals surface area contributed by atoms with E-state index in [0.717, 1.165) is 0 Å². The molecular weight excluding hydrogens is 221 g/mol. The molecule has 15 heavy (non-hydrogen) atoms. The van der Waals surface area contributed by atoms with E-state index in [2.05, 4.69) is 4.98 Å². The minimum Gasteiger partial charge on any atom is -0.360 e. The van der Waals surface area contributed by atoms with E-state index in [-0.39, 0.29) is 5.56 Å². The van der Waals surface area contributed by atoms with E-state index in [0.29, 0.717) is 10.9 Å². The molecule has 0 saturated heterocycles. The lowest BCUT2D eigenvalue weighted by atomic mass is 10.1. The van der Waals surface area contributed by atoms with Crippen molar-refractivity contribution in [3.05, 3.63) is 35.8 Å². The number of hydrogen-bond acceptors (Lipinski definition) is 2. The van der Waals surface area contributed by atoms with Gasteiger partial charge in [0.25, 0.3) is 5.24 Å². The minimum absolute atomic E-state index is 0.0875. The number of carbonyl (C=O) groups excluding carboxylic acids is 2. The maximum absolute atomic E-state index is 12.9. The lowest BCUT2D eigenvalue weighted by Gasteiger charge is -1.93. The molecule has 0 saturated carbocycles. The van der Waals surface area contributed by atoms with Gasteiger partial charge in [0.2, 0.25) is 5.78 Å². The topological polar surface area (TPSA) is 49.9 Å². The van der Waals surface area contributed by atoms with Gasteiger partial charge in [-0.15, -0.1) is 0 Å². The number of aromatic nitrogens is 1. The van der Waals surface area contributed by atoms with Crippen molar-refractivity contribution in [1.82, 2.24) is 4.98 Å². The van der Waals surface area contributed by atoms with Gasteiger partial charge in [-0.25, -0.2) is 4.39 Å². The van der Waals surface area contributed by atoms with E-state index < -0.39 is 16.8 Å². The van der Waals surface area contributed by atoms with Crippen molar-refractivity contribution in [3.63, 3.8) is 0 Å². The quantitative estimate of drug-likeness (QED) is 0.484. The van der Waals surface area contributed by atoms with Crippen molar-refractivity contribution >= 4 is 33.5 Å². The molecule has 1 heterocycles. The third kappa shape index (κ3) is 1.64. The van der Waals surface area contributed by atoms with Gasteiger partial charge in [0, 0.05) is 17.1 Å². The molecule has 2 aromatic rings. The lowest BCUT2D eigenvalue weighted by Crippen LogP contribution is -2.06. The van der Waals surface area contributed by atoms with Gasteiger partial charge >= 0.3 is 0 Å². The van der Waals surface area contributed by atoms with E-state index in [1.54, 1.807) is 0 Å². The Labute approximate surface area is 88.8 Å². The second-order valence-corrected chi connectivity index (χ2v) is 3.34. The SMILES string of the molecule is O=C(Cl)C(=O)c1c[nH]c2ccc(F)cc12. The number of ketones is 1. The van der Waals surface area contributed by atoms with Crippen LogP contribution in [0.2, 0.25) is 0 Å². The van der Waals surface area contributed by atoms with Crippen LogP contribution in [0.3, 0.4) is 0 Å². The van der Waals surface area contributed by atoms with Gasteiger partial charge in [0.1, 0.15) is 5.82 Å². The zero-order chi connectivity index (χ0) is 11.0. The molecule has 0 fully saturated rings. The number of carbonyl (C=O) groups is 2. The van der Waals surface area contributed by atoms with Crippen molar-refractivity contribution in [3.8, 4) is 0 Å². The first-order valence-electron chi connectivity index (χ1n) is 4.10. The number of hydrogen-bond donors (Lipinski definition) is 1. The Morgan fingerprint density at radius 2 is 2.07 bits per heavy atom. The van der Waals surface area contributed by atoms with Gasteiger partial charge in [0.15, 0.2) is 0 Å². The highest BCUT2D eigenvalue weighted by molar-refractivity contribution is 6.83. The highest BCUT2D eigenvalue weighted by Crippen LogP contribution is 2.20. The van der Waals surface area contributed by atoms with E-state index in [1.807, 2.05) is 0 Å². The molecule has 0 aliphatic heterocycles. The van der Waals surface area contributed by atoms with Crippen LogP contribution in [0, 0.1) is 5.82 Å². The van der Waals surface area contributed by atoms with Crippen LogP contribution in [-0.2, 0) is 4.79 Å². The first-order valence-corrected chi connectivity index (χ1v) is 4.48. The first kappa shape index (κ1) is 9.86. The summed E-state index contributed by atoms with van der Waals surface area (Å²) in [6.07, 6.45) is 1.34. The van der Waals surface area contributed by atoms with E-state index in [1.165, 1.54) is 24.4 Å². The van der Waals surface area contributed by atoms with Gasteiger partial charge < -0.3 is 4.98 Å². The molecule has 0 amide bonds. The zero-order valence-electron chi connectivity index (χ0n) is 7.38. The molecule has 0 atom stereocenters. The molecule has 1 N–H and O–H groups in total. The van der Waals surface area contributed by atoms with E-state index in [9.17, 15) is 14.0 Å². The Bertz CT molecular complexity index is 562. The Kier molecular flexibility index (Phi) is 2.28. The third-order valence-electron chi connectivity index (χ3n) is 2.07. The minimum atomic E-state index is -1.08. The van der Waals surface area contributed by atoms with Gasteiger partial charge in [-0.3, -0.25) is 9.59 Å². The zero-order valence-corrected chi connectivity index (χ0v) is 8.14. The van der Waals surface area contributed by atoms with E-state index >= 15 is 0 Å². The molecule has 1 aromatic heterocycles. The van der Waals surface area contributed by atoms with Crippen LogP contribution in [0.1, 0.15) is 10.4 Å². The number of fused-ring (bicyclic) bond motifs is 1. The molecule has 0 aliphatic carbocycles. The smallest absolute Gasteiger partial charge is 0.293 e. The summed E-state index contributed by atoms with van der Waals surface area (Å²) in [5, 5.41) is -0.728. The second-order valence-electron chi connectivity index (χ2n) is 3.00. The van der Waals surface area contributed by atoms with Crippen LogP contribution in [0.25, 0.3) is 10.9 Å². The van der Waals surface area contributed by atoms with Crippen molar-refractivity contribution in [2.24, 2.45) is 0 Å². The summed E-state index contributed by atoms with van der Waals surface area (Å²) in [6, 6.07) is 3.93. The number of Topliss-reactive ketones (excluding diaryl/α,β-unsaturated/α-hetero) is 1. The van der Waals surface area contributed by atoms with Gasteiger partial charge in [0.05, 0.1) is 5.56 Å². The van der Waals surface area contributed by atoms with Crippen molar-refractivity contribution in [1.29, 1.82) is 0 Å². The molecule has 76 valence electrons. The Morgan fingerprint density at radius 1 is 1.33 bits per heavy atom. The Hall–Kier alpha value is -1.68. The molecule has 0 unspecified atom stereocenters. The van der Waals surface area contributed by atoms with Crippen LogP contribution in [0.5, 0.6) is 0 Å². The molecule has 1 aromatic carbocycles. The fourth-order valence-electron chi connectivity index (χ4n) is 1.39. The summed E-state index contributed by atoms with van der Waals surface area (Å²) in [4.78, 5) is 24.7. The molecule has 0 spiro atoms. The summed E-state index contributed by atoms with van der Waals surface area (Å²) in [5.74, 6) is -1.31. The van der Waals surface area contributed by atoms with Crippen LogP contribution in [0.4, 0.5) is 4.39 Å². The third-order valence-corrected chi connectivity index (χ3v) is 2.24. The number of H-pyrrole nitrogens is 1. The summed E-state index contributed by atoms with van der Waals surface area (Å²) in [6.45, 7) is 0. The highest BCUT2D eigenvalue weighted by Gasteiger charge is 2.17. The molecule has 5 heteroatoms. The maximum atomic E-state index is 12.9. The van der Waals surface area contributed by atoms with Crippen molar-refractivity contribution < 1.29 is 14.0 Å². The van der Waals surface area contributed by atoms with Crippen LogP contribution >= 0.6 is 11.6 Å². The maximum Gasteiger partial charge on any atom is 0.293 e. The van der Waals surface area contributed by atoms with Crippen molar-refractivity contribution in [2.45, 2.75) is 0 Å². The highest BCUT2D eigenvalue weighted by atomic mass is 35.5. The first-order chi connectivity index (χ1) is 7.09. The number of halogens is 2. The summed E-state index contributed by atoms with van der Waals surface area (Å²) < 4.78 is 12.9. The van der Waals surface area contributed by atoms with Crippen LogP contribution in [-0.4, -0.2) is 16.0 Å². The fourth-order valence-corrected chi connectivity index (χ4v) is 1.49. The predicted octanol–water partition coefficient (Wildman–Crippen LogP) is 2.26. The van der Waals surface area contributed by atoms with Crippen LogP contribution < -0.4 is 0 Å². The van der Waals surface area contributed by atoms with Gasteiger partial charge in [-0.05, 0) is 29.8 Å². The molecule has 0 bridgehead atoms. The normalized spacial score (nSPS) is 10.5. The van der Waals surface area contributed by atoms with Gasteiger partial charge in [-0.1, -0.05) is 0 Å². The second kappa shape index (κ2) is 3.47. The Balaban J connectivity index is 2.67. The monoisotopic (exact) mass is 225 g/mol. The molecule has 2 rings (SSSR count). The fraction of sp³-hybridized carbons (Fsp3) is 0. The largest absolute Gasteiger partial charge is 0.360 e. The number of aromatic amines is 1. The summed E-state index contributed by atoms with van der Waals surface area (Å²) in [5.41, 5.74) is 0.669. The molecule has 0 aliphatic rings. The lowest BCUT2D eigenvalue weighted by molar-refractivity contribution is -0.108. The summed E-state index contributed by atoms with van der Waals surface area (Å²) in [7, 11) is 0. The number of nitrogens with one attached hydrogen (secondary N) is 1. The average molecular weight is 226 g/mol. The van der Waals surface area contributed by atoms with Gasteiger partial charge in [-0.2, -0.15) is 0 Å². The Morgan fingerprint density at radius 3 is 2.73 bits per heavy atom. The number of benzene rings is 1. The summed E-state index contributed by atoms with van der Waals surface area (Å²) >= 11 is 5.06. The van der Waals surface area contributed by atoms with E-state index in [4.69, 9.17) is 11.6 Å². The molecule has 3 nitrogen and oxygen atoms in total. The molecular formula is C10H5ClFNO2. The molecule has 0 radical (unpaired) electrons.